The molecule has 4 aromatic rings. The number of benzene rings is 2. The van der Waals surface area contributed by atoms with Crippen LogP contribution in [0.5, 0.6) is 11.5 Å². The summed E-state index contributed by atoms with van der Waals surface area (Å²) in [5, 5.41) is 17.4. The lowest BCUT2D eigenvalue weighted by Gasteiger charge is -2.16. The molecule has 0 radical (unpaired) electrons. The van der Waals surface area contributed by atoms with Gasteiger partial charge in [-0.05, 0) is 70.0 Å². The summed E-state index contributed by atoms with van der Waals surface area (Å²) in [6, 6.07) is 13.0. The number of aromatic amines is 2. The number of halogens is 1. The van der Waals surface area contributed by atoms with Crippen molar-refractivity contribution in [2.24, 2.45) is 0 Å². The predicted molar refractivity (Wildman–Crippen MR) is 158 cm³/mol. The summed E-state index contributed by atoms with van der Waals surface area (Å²) < 4.78 is 11.5. The molecule has 0 amide bonds. The first kappa shape index (κ1) is 29.5. The van der Waals surface area contributed by atoms with Crippen LogP contribution in [0, 0.1) is 0 Å². The molecule has 0 saturated carbocycles. The highest BCUT2D eigenvalue weighted by atomic mass is 35.5. The van der Waals surface area contributed by atoms with Crippen LogP contribution in [0.3, 0.4) is 0 Å². The Kier molecular flexibility index (Phi) is 10.9. The molecule has 4 rings (SSSR count). The van der Waals surface area contributed by atoms with E-state index in [0.717, 1.165) is 47.5 Å². The highest BCUT2D eigenvalue weighted by molar-refractivity contribution is 7.99. The van der Waals surface area contributed by atoms with Crippen LogP contribution >= 0.6 is 23.4 Å². The summed E-state index contributed by atoms with van der Waals surface area (Å²) in [5.74, 6) is 1.10. The Labute approximate surface area is 242 Å². The minimum absolute atomic E-state index is 0.334. The molecule has 5 N–H and O–H groups in total. The fourth-order valence-electron chi connectivity index (χ4n) is 4.13. The van der Waals surface area contributed by atoms with E-state index < -0.39 is 12.6 Å². The van der Waals surface area contributed by atoms with E-state index in [1.165, 1.54) is 0 Å². The molecule has 212 valence electrons. The standard InChI is InChI=1S/C28H33ClN6O4S/c1-30-10-3-11-35(2)16-19-15-31-27-26(19)28(33-18-32-27)34-21-6-9-23(24(14-21)39-17-25(36)37)38-12-13-40-22-7-4-20(29)5-8-22/h4-9,14-15,18,30H,3,10-13,16-17H2,1-2H3,(H,36,37)(H2,31,32,33,34)/p+1. The highest BCUT2D eigenvalue weighted by Crippen LogP contribution is 2.33. The second kappa shape index (κ2) is 14.8. The van der Waals surface area contributed by atoms with Crippen LogP contribution < -0.4 is 25.1 Å². The number of carbonyl (C=O) groups is 1. The predicted octanol–water partition coefficient (Wildman–Crippen LogP) is 4.45. The number of ether oxygens (including phenoxy) is 2. The molecule has 2 heterocycles. The van der Waals surface area contributed by atoms with Crippen molar-refractivity contribution in [1.29, 1.82) is 0 Å². The fraction of sp³-hybridized carbons (Fsp3) is 0.321. The molecule has 0 bridgehead atoms. The summed E-state index contributed by atoms with van der Waals surface area (Å²) in [6.07, 6.45) is 4.67. The number of aliphatic carboxylic acids is 1. The number of aromatic nitrogens is 3. The van der Waals surface area contributed by atoms with Crippen molar-refractivity contribution in [3.8, 4) is 11.5 Å². The van der Waals surface area contributed by atoms with Crippen molar-refractivity contribution in [1.82, 2.24) is 20.2 Å². The van der Waals surface area contributed by atoms with E-state index in [9.17, 15) is 9.90 Å². The number of carboxylic acids is 1. The SMILES string of the molecule is CNCCCN(C)Cc1c[nH]c2[nH+]cnc(Nc3ccc(OCCSc4ccc(Cl)cc4)c(OCC(=O)O)c3)c12. The first-order valence-electron chi connectivity index (χ1n) is 12.9. The van der Waals surface area contributed by atoms with E-state index in [-0.39, 0.29) is 0 Å². The number of carboxylic acid groups (broad SMARTS) is 1. The highest BCUT2D eigenvalue weighted by Gasteiger charge is 2.18. The number of H-pyrrole nitrogens is 2. The normalized spacial score (nSPS) is 11.2. The van der Waals surface area contributed by atoms with Gasteiger partial charge < -0.3 is 30.1 Å². The van der Waals surface area contributed by atoms with Crippen LogP contribution in [-0.2, 0) is 11.3 Å². The smallest absolute Gasteiger partial charge is 0.341 e. The quantitative estimate of drug-likeness (QED) is 0.111. The molecule has 0 aliphatic carbocycles. The number of anilines is 2. The Morgan fingerprint density at radius 2 is 2.02 bits per heavy atom. The van der Waals surface area contributed by atoms with Gasteiger partial charge in [0.2, 0.25) is 17.8 Å². The van der Waals surface area contributed by atoms with Crippen molar-refractivity contribution < 1.29 is 24.4 Å². The molecule has 10 nitrogen and oxygen atoms in total. The molecular weight excluding hydrogens is 552 g/mol. The molecule has 0 atom stereocenters. The Hall–Kier alpha value is -3.51. The first-order valence-corrected chi connectivity index (χ1v) is 14.3. The molecular formula is C28H34ClN6O4S+. The zero-order valence-corrected chi connectivity index (χ0v) is 24.1. The minimum atomic E-state index is -1.07. The van der Waals surface area contributed by atoms with Crippen LogP contribution in [0.25, 0.3) is 11.0 Å². The minimum Gasteiger partial charge on any atom is -0.489 e. The van der Waals surface area contributed by atoms with Crippen LogP contribution in [-0.4, -0.2) is 72.1 Å². The molecule has 0 spiro atoms. The van der Waals surface area contributed by atoms with Gasteiger partial charge in [-0.25, -0.2) is 9.78 Å². The van der Waals surface area contributed by atoms with Gasteiger partial charge in [0.05, 0.1) is 12.8 Å². The molecule has 0 fully saturated rings. The summed E-state index contributed by atoms with van der Waals surface area (Å²) in [5.41, 5.74) is 2.66. The summed E-state index contributed by atoms with van der Waals surface area (Å²) in [7, 11) is 4.05. The fourth-order valence-corrected chi connectivity index (χ4v) is 4.98. The van der Waals surface area contributed by atoms with Crippen molar-refractivity contribution in [3.05, 3.63) is 65.6 Å². The van der Waals surface area contributed by atoms with Gasteiger partial charge in [-0.1, -0.05) is 16.6 Å². The van der Waals surface area contributed by atoms with E-state index in [1.807, 2.05) is 43.6 Å². The zero-order valence-electron chi connectivity index (χ0n) is 22.5. The van der Waals surface area contributed by atoms with E-state index in [4.69, 9.17) is 21.1 Å². The van der Waals surface area contributed by atoms with E-state index >= 15 is 0 Å². The second-order valence-electron chi connectivity index (χ2n) is 9.13. The lowest BCUT2D eigenvalue weighted by atomic mass is 10.2. The van der Waals surface area contributed by atoms with Crippen molar-refractivity contribution in [2.45, 2.75) is 17.9 Å². The van der Waals surface area contributed by atoms with Gasteiger partial charge in [0.25, 0.3) is 0 Å². The van der Waals surface area contributed by atoms with Gasteiger partial charge in [0, 0.05) is 39.5 Å². The lowest BCUT2D eigenvalue weighted by molar-refractivity contribution is -0.352. The van der Waals surface area contributed by atoms with Crippen LogP contribution in [0.4, 0.5) is 11.5 Å². The molecule has 40 heavy (non-hydrogen) atoms. The average molecular weight is 586 g/mol. The maximum atomic E-state index is 11.2. The van der Waals surface area contributed by atoms with E-state index in [0.29, 0.717) is 40.4 Å². The molecule has 0 unspecified atom stereocenters. The van der Waals surface area contributed by atoms with Crippen LogP contribution in [0.2, 0.25) is 5.02 Å². The van der Waals surface area contributed by atoms with Gasteiger partial charge in [0.1, 0.15) is 5.39 Å². The van der Waals surface area contributed by atoms with Crippen LogP contribution in [0.15, 0.2) is 59.9 Å². The summed E-state index contributed by atoms with van der Waals surface area (Å²) in [6.45, 7) is 2.61. The average Bonchev–Trinajstić information content (AvgIpc) is 3.35. The number of rotatable bonds is 16. The number of thioether (sulfide) groups is 1. The molecule has 0 saturated heterocycles. The second-order valence-corrected chi connectivity index (χ2v) is 10.7. The van der Waals surface area contributed by atoms with Gasteiger partial charge >= 0.3 is 5.97 Å². The molecule has 12 heteroatoms. The van der Waals surface area contributed by atoms with Crippen molar-refractivity contribution >= 4 is 51.9 Å². The maximum Gasteiger partial charge on any atom is 0.341 e. The maximum absolute atomic E-state index is 11.2. The number of nitrogens with one attached hydrogen (secondary N) is 4. The number of fused-ring (bicyclic) bond motifs is 1. The summed E-state index contributed by atoms with van der Waals surface area (Å²) >= 11 is 7.59. The molecule has 0 aliphatic rings. The van der Waals surface area contributed by atoms with Crippen molar-refractivity contribution in [2.75, 3.05) is 51.5 Å². The van der Waals surface area contributed by atoms with E-state index in [2.05, 4.69) is 37.5 Å². The summed E-state index contributed by atoms with van der Waals surface area (Å²) in [4.78, 5) is 25.6. The first-order chi connectivity index (χ1) is 19.4. The number of hydrogen-bond donors (Lipinski definition) is 4. The zero-order chi connectivity index (χ0) is 28.3. The molecule has 2 aromatic carbocycles. The lowest BCUT2D eigenvalue weighted by Crippen LogP contribution is -2.22. The number of hydrogen-bond acceptors (Lipinski definition) is 8. The Morgan fingerprint density at radius 1 is 1.20 bits per heavy atom. The third-order valence-corrected chi connectivity index (χ3v) is 7.22. The largest absolute Gasteiger partial charge is 0.489 e. The Balaban J connectivity index is 1.47. The molecule has 0 aliphatic heterocycles. The molecule has 2 aromatic heterocycles. The number of nitrogens with zero attached hydrogens (tertiary/aromatic N) is 2. The van der Waals surface area contributed by atoms with Crippen LogP contribution in [0.1, 0.15) is 12.0 Å². The third kappa shape index (κ3) is 8.49. The Morgan fingerprint density at radius 3 is 2.80 bits per heavy atom. The third-order valence-electron chi connectivity index (χ3n) is 5.99. The van der Waals surface area contributed by atoms with E-state index in [1.54, 1.807) is 30.2 Å². The van der Waals surface area contributed by atoms with Crippen molar-refractivity contribution in [3.63, 3.8) is 0 Å². The Bertz CT molecular complexity index is 1400. The van der Waals surface area contributed by atoms with Gasteiger partial charge in [0.15, 0.2) is 18.1 Å². The topological polar surface area (TPSA) is 126 Å². The monoisotopic (exact) mass is 585 g/mol. The van der Waals surface area contributed by atoms with Gasteiger partial charge in [-0.2, -0.15) is 0 Å². The van der Waals surface area contributed by atoms with Gasteiger partial charge in [-0.3, -0.25) is 4.98 Å². The van der Waals surface area contributed by atoms with Gasteiger partial charge in [-0.15, -0.1) is 11.8 Å².